The van der Waals surface area contributed by atoms with E-state index >= 15 is 0 Å². The Morgan fingerprint density at radius 3 is 3.26 bits per heavy atom. The van der Waals surface area contributed by atoms with Gasteiger partial charge in [-0.05, 0) is 31.1 Å². The summed E-state index contributed by atoms with van der Waals surface area (Å²) in [4.78, 5) is 0. The van der Waals surface area contributed by atoms with E-state index in [4.69, 9.17) is 4.74 Å². The molecule has 2 aromatic rings. The lowest BCUT2D eigenvalue weighted by Crippen LogP contribution is -2.30. The summed E-state index contributed by atoms with van der Waals surface area (Å²) in [6.07, 6.45) is 9.26. The Morgan fingerprint density at radius 1 is 1.37 bits per heavy atom. The minimum atomic E-state index is 0.306. The van der Waals surface area contributed by atoms with E-state index in [1.807, 2.05) is 35.1 Å². The third-order valence-electron chi connectivity index (χ3n) is 3.30. The van der Waals surface area contributed by atoms with Gasteiger partial charge in [0.2, 0.25) is 0 Å². The van der Waals surface area contributed by atoms with Crippen LogP contribution in [0.15, 0.2) is 36.7 Å². The van der Waals surface area contributed by atoms with Crippen LogP contribution in [0, 0.1) is 0 Å². The van der Waals surface area contributed by atoms with E-state index in [2.05, 4.69) is 21.6 Å². The predicted molar refractivity (Wildman–Crippen MR) is 72.8 cm³/mol. The second-order valence-corrected chi connectivity index (χ2v) is 4.71. The molecule has 100 valence electrons. The molecule has 5 heteroatoms. The van der Waals surface area contributed by atoms with E-state index < -0.39 is 0 Å². The molecule has 1 atom stereocenters. The van der Waals surface area contributed by atoms with Gasteiger partial charge in [-0.3, -0.25) is 4.40 Å². The molecule has 19 heavy (non-hydrogen) atoms. The smallest absolute Gasteiger partial charge is 0.160 e. The molecule has 3 heterocycles. The molecule has 1 aliphatic rings. The van der Waals surface area contributed by atoms with Crippen molar-refractivity contribution in [2.75, 3.05) is 13.1 Å². The monoisotopic (exact) mass is 258 g/mol. The van der Waals surface area contributed by atoms with Crippen molar-refractivity contribution >= 4 is 5.65 Å². The number of hydrogen-bond donors (Lipinski definition) is 1. The first-order valence-corrected chi connectivity index (χ1v) is 6.73. The summed E-state index contributed by atoms with van der Waals surface area (Å²) in [5, 5.41) is 11.8. The minimum absolute atomic E-state index is 0.306. The summed E-state index contributed by atoms with van der Waals surface area (Å²) in [6, 6.07) is 5.93. The zero-order valence-electron chi connectivity index (χ0n) is 10.8. The number of hydrogen-bond acceptors (Lipinski definition) is 4. The maximum Gasteiger partial charge on any atom is 0.160 e. The molecule has 0 amide bonds. The number of ether oxygens (including phenoxy) is 1. The maximum absolute atomic E-state index is 5.51. The fraction of sp³-hybridized carbons (Fsp3) is 0.429. The number of fused-ring (bicyclic) bond motifs is 1. The van der Waals surface area contributed by atoms with Gasteiger partial charge in [0.05, 0.1) is 6.26 Å². The van der Waals surface area contributed by atoms with Crippen molar-refractivity contribution in [3.63, 3.8) is 0 Å². The van der Waals surface area contributed by atoms with Gasteiger partial charge in [-0.25, -0.2) is 0 Å². The lowest BCUT2D eigenvalue weighted by molar-refractivity contribution is 0.122. The first kappa shape index (κ1) is 12.2. The summed E-state index contributed by atoms with van der Waals surface area (Å²) in [5.74, 6) is 0.993. The van der Waals surface area contributed by atoms with Crippen LogP contribution < -0.4 is 5.32 Å². The minimum Gasteiger partial charge on any atom is -0.497 e. The number of pyridine rings is 1. The Kier molecular flexibility index (Phi) is 3.74. The number of nitrogens with zero attached hydrogens (tertiary/aromatic N) is 3. The molecule has 0 spiro atoms. The molecule has 0 aliphatic carbocycles. The van der Waals surface area contributed by atoms with Crippen LogP contribution in [0.4, 0.5) is 0 Å². The van der Waals surface area contributed by atoms with Crippen LogP contribution in [0.2, 0.25) is 0 Å². The average molecular weight is 258 g/mol. The topological polar surface area (TPSA) is 51.5 Å². The molecule has 1 aliphatic heterocycles. The first-order chi connectivity index (χ1) is 9.43. The molecular weight excluding hydrogens is 240 g/mol. The van der Waals surface area contributed by atoms with Crippen LogP contribution in [-0.4, -0.2) is 33.8 Å². The van der Waals surface area contributed by atoms with Crippen LogP contribution in [0.25, 0.3) is 5.65 Å². The number of rotatable bonds is 5. The van der Waals surface area contributed by atoms with Gasteiger partial charge in [0, 0.05) is 25.7 Å². The summed E-state index contributed by atoms with van der Waals surface area (Å²) in [6.45, 7) is 1.78. The van der Waals surface area contributed by atoms with Gasteiger partial charge in [-0.1, -0.05) is 6.07 Å². The van der Waals surface area contributed by atoms with Gasteiger partial charge < -0.3 is 10.1 Å². The summed E-state index contributed by atoms with van der Waals surface area (Å²) in [5.41, 5.74) is 0.901. The number of aromatic nitrogens is 3. The highest BCUT2D eigenvalue weighted by atomic mass is 16.5. The Bertz CT molecular complexity index is 563. The van der Waals surface area contributed by atoms with Crippen LogP contribution in [0.3, 0.4) is 0 Å². The third kappa shape index (κ3) is 2.93. The molecule has 1 unspecified atom stereocenters. The highest BCUT2D eigenvalue weighted by Gasteiger charge is 2.10. The highest BCUT2D eigenvalue weighted by molar-refractivity contribution is 5.36. The van der Waals surface area contributed by atoms with Crippen molar-refractivity contribution in [1.29, 1.82) is 0 Å². The molecule has 0 saturated carbocycles. The van der Waals surface area contributed by atoms with Gasteiger partial charge in [-0.2, -0.15) is 0 Å². The molecule has 1 N–H and O–H groups in total. The first-order valence-electron chi connectivity index (χ1n) is 6.73. The molecule has 0 saturated heterocycles. The van der Waals surface area contributed by atoms with E-state index in [1.165, 1.54) is 0 Å². The van der Waals surface area contributed by atoms with Gasteiger partial charge >= 0.3 is 0 Å². The quantitative estimate of drug-likeness (QED) is 0.827. The van der Waals surface area contributed by atoms with E-state index in [0.717, 1.165) is 43.8 Å². The summed E-state index contributed by atoms with van der Waals surface area (Å²) in [7, 11) is 0. The van der Waals surface area contributed by atoms with Gasteiger partial charge in [0.25, 0.3) is 0 Å². The molecule has 2 aromatic heterocycles. The zero-order chi connectivity index (χ0) is 12.9. The lowest BCUT2D eigenvalue weighted by atomic mass is 10.1. The molecule has 5 nitrogen and oxygen atoms in total. The van der Waals surface area contributed by atoms with Crippen LogP contribution >= 0.6 is 0 Å². The Hall–Kier alpha value is -1.88. The van der Waals surface area contributed by atoms with Crippen molar-refractivity contribution in [3.05, 3.63) is 42.6 Å². The van der Waals surface area contributed by atoms with Crippen molar-refractivity contribution in [3.8, 4) is 0 Å². The highest BCUT2D eigenvalue weighted by Crippen LogP contribution is 2.09. The lowest BCUT2D eigenvalue weighted by Gasteiger charge is -2.19. The van der Waals surface area contributed by atoms with Crippen molar-refractivity contribution in [2.45, 2.75) is 25.4 Å². The van der Waals surface area contributed by atoms with Crippen LogP contribution in [0.5, 0.6) is 0 Å². The number of nitrogens with one attached hydrogen (secondary N) is 1. The SMILES string of the molecule is C1=COC(CNCCc2nnc3ccccn23)CC1. The van der Waals surface area contributed by atoms with Gasteiger partial charge in [0.1, 0.15) is 11.9 Å². The van der Waals surface area contributed by atoms with Gasteiger partial charge in [0.15, 0.2) is 5.65 Å². The zero-order valence-corrected chi connectivity index (χ0v) is 10.8. The molecule has 0 aromatic carbocycles. The fourth-order valence-corrected chi connectivity index (χ4v) is 2.26. The molecule has 0 radical (unpaired) electrons. The third-order valence-corrected chi connectivity index (χ3v) is 3.30. The van der Waals surface area contributed by atoms with E-state index in [1.54, 1.807) is 0 Å². The Morgan fingerprint density at radius 2 is 2.37 bits per heavy atom. The van der Waals surface area contributed by atoms with E-state index in [0.29, 0.717) is 6.10 Å². The fourth-order valence-electron chi connectivity index (χ4n) is 2.26. The molecule has 0 bridgehead atoms. The standard InChI is InChI=1S/C14H18N4O/c1-3-9-18-13(6-1)16-17-14(18)7-8-15-11-12-5-2-4-10-19-12/h1,3-4,6,9-10,12,15H,2,5,7-8,11H2. The second kappa shape index (κ2) is 5.84. The van der Waals surface area contributed by atoms with Crippen LogP contribution in [0.1, 0.15) is 18.7 Å². The largest absolute Gasteiger partial charge is 0.497 e. The van der Waals surface area contributed by atoms with E-state index in [9.17, 15) is 0 Å². The van der Waals surface area contributed by atoms with Crippen molar-refractivity contribution in [2.24, 2.45) is 0 Å². The summed E-state index contributed by atoms with van der Waals surface area (Å²) >= 11 is 0. The molecular formula is C14H18N4O. The predicted octanol–water partition coefficient (Wildman–Crippen LogP) is 1.55. The maximum atomic E-state index is 5.51. The molecule has 3 rings (SSSR count). The average Bonchev–Trinajstić information content (AvgIpc) is 2.88. The normalized spacial score (nSPS) is 18.6. The van der Waals surface area contributed by atoms with Crippen LogP contribution in [-0.2, 0) is 11.2 Å². The van der Waals surface area contributed by atoms with Crippen molar-refractivity contribution in [1.82, 2.24) is 19.9 Å². The Labute approximate surface area is 112 Å². The number of allylic oxidation sites excluding steroid dienone is 1. The van der Waals surface area contributed by atoms with Crippen molar-refractivity contribution < 1.29 is 4.74 Å². The van der Waals surface area contributed by atoms with Gasteiger partial charge in [-0.15, -0.1) is 10.2 Å². The summed E-state index contributed by atoms with van der Waals surface area (Å²) < 4.78 is 7.54. The second-order valence-electron chi connectivity index (χ2n) is 4.71. The molecule has 0 fully saturated rings. The van der Waals surface area contributed by atoms with E-state index in [-0.39, 0.29) is 0 Å². The Balaban J connectivity index is 1.48.